The van der Waals surface area contributed by atoms with Crippen LogP contribution in [0.2, 0.25) is 0 Å². The first kappa shape index (κ1) is 46.0. The zero-order valence-corrected chi connectivity index (χ0v) is 35.9. The highest BCUT2D eigenvalue weighted by Crippen LogP contribution is 2.36. The van der Waals surface area contributed by atoms with Gasteiger partial charge < -0.3 is 47.4 Å². The largest absolute Gasteiger partial charge is 0.454 e. The molecule has 0 unspecified atom stereocenters. The fraction of sp³-hybridized carbons (Fsp3) is 0.365. The Morgan fingerprint density at radius 2 is 0.937 bits per heavy atom. The molecule has 0 aromatic heterocycles. The quantitative estimate of drug-likeness (QED) is 0.0494. The Labute approximate surface area is 370 Å². The summed E-state index contributed by atoms with van der Waals surface area (Å²) in [7, 11) is 0. The van der Waals surface area contributed by atoms with Crippen molar-refractivity contribution in [2.75, 3.05) is 13.2 Å². The van der Waals surface area contributed by atoms with E-state index in [1.807, 2.05) is 159 Å². The lowest BCUT2D eigenvalue weighted by Gasteiger charge is -2.49. The molecule has 5 aromatic carbocycles. The number of esters is 1. The number of ether oxygens (including phenoxy) is 10. The molecule has 10 atom stereocenters. The first-order valence-corrected chi connectivity index (χ1v) is 21.5. The van der Waals surface area contributed by atoms with Gasteiger partial charge in [0.15, 0.2) is 18.7 Å². The number of benzene rings is 5. The summed E-state index contributed by atoms with van der Waals surface area (Å²) >= 11 is 0. The summed E-state index contributed by atoms with van der Waals surface area (Å²) in [5.41, 5.74) is 4.83. The van der Waals surface area contributed by atoms with E-state index in [0.29, 0.717) is 6.61 Å². The van der Waals surface area contributed by atoms with E-state index in [1.165, 1.54) is 6.92 Å². The van der Waals surface area contributed by atoms with Gasteiger partial charge in [0.25, 0.3) is 0 Å². The number of hydrogen-bond donors (Lipinski definition) is 0. The Bertz CT molecular complexity index is 2060. The lowest BCUT2D eigenvalue weighted by Crippen LogP contribution is -2.66. The van der Waals surface area contributed by atoms with Gasteiger partial charge in [0, 0.05) is 6.92 Å². The number of rotatable bonds is 22. The lowest BCUT2D eigenvalue weighted by atomic mass is 9.96. The number of carbonyl (C=O) groups excluding carboxylic acids is 1. The van der Waals surface area contributed by atoms with Crippen LogP contribution in [0, 0.1) is 0 Å². The summed E-state index contributed by atoms with van der Waals surface area (Å²) in [6.45, 7) is 8.60. The van der Waals surface area contributed by atoms with Crippen LogP contribution in [0.4, 0.5) is 0 Å². The molecule has 2 heterocycles. The van der Waals surface area contributed by atoms with Gasteiger partial charge in [-0.2, -0.15) is 0 Å². The van der Waals surface area contributed by atoms with Gasteiger partial charge in [0.1, 0.15) is 36.6 Å². The highest BCUT2D eigenvalue weighted by molar-refractivity contribution is 5.66. The minimum absolute atomic E-state index is 0.126. The van der Waals surface area contributed by atoms with Crippen LogP contribution in [0.15, 0.2) is 164 Å². The average molecular weight is 859 g/mol. The van der Waals surface area contributed by atoms with Crippen molar-refractivity contribution >= 4 is 5.97 Å². The first-order valence-electron chi connectivity index (χ1n) is 21.5. The van der Waals surface area contributed by atoms with Crippen LogP contribution in [0.25, 0.3) is 0 Å². The molecule has 2 aliphatic rings. The molecule has 11 heteroatoms. The van der Waals surface area contributed by atoms with E-state index in [4.69, 9.17) is 47.4 Å². The molecule has 0 aliphatic carbocycles. The fourth-order valence-corrected chi connectivity index (χ4v) is 7.75. The smallest absolute Gasteiger partial charge is 0.303 e. The summed E-state index contributed by atoms with van der Waals surface area (Å²) in [6.07, 6.45) is -7.02. The first-order chi connectivity index (χ1) is 30.9. The van der Waals surface area contributed by atoms with Gasteiger partial charge in [-0.1, -0.05) is 158 Å². The maximum Gasteiger partial charge on any atom is 0.303 e. The molecule has 11 nitrogen and oxygen atoms in total. The maximum absolute atomic E-state index is 12.9. The Morgan fingerprint density at radius 3 is 1.40 bits per heavy atom. The van der Waals surface area contributed by atoms with E-state index in [0.717, 1.165) is 27.8 Å². The van der Waals surface area contributed by atoms with Crippen molar-refractivity contribution in [2.45, 2.75) is 108 Å². The molecule has 2 aliphatic heterocycles. The molecule has 0 saturated carbocycles. The fourth-order valence-electron chi connectivity index (χ4n) is 7.75. The van der Waals surface area contributed by atoms with Crippen LogP contribution in [0.3, 0.4) is 0 Å². The van der Waals surface area contributed by atoms with E-state index in [2.05, 4.69) is 6.58 Å². The molecule has 0 N–H and O–H groups in total. The second-order valence-electron chi connectivity index (χ2n) is 15.6. The van der Waals surface area contributed by atoms with Gasteiger partial charge in [0.05, 0.1) is 52.4 Å². The Kier molecular flexibility index (Phi) is 17.6. The van der Waals surface area contributed by atoms with Gasteiger partial charge in [-0.25, -0.2) is 0 Å². The summed E-state index contributed by atoms with van der Waals surface area (Å²) < 4.78 is 66.6. The van der Waals surface area contributed by atoms with E-state index in [-0.39, 0.29) is 39.6 Å². The van der Waals surface area contributed by atoms with Crippen LogP contribution < -0.4 is 0 Å². The summed E-state index contributed by atoms with van der Waals surface area (Å²) in [5.74, 6) is -0.548. The van der Waals surface area contributed by atoms with E-state index < -0.39 is 67.4 Å². The van der Waals surface area contributed by atoms with Crippen molar-refractivity contribution in [2.24, 2.45) is 0 Å². The predicted molar refractivity (Wildman–Crippen MR) is 236 cm³/mol. The second kappa shape index (κ2) is 24.1. The normalized spacial score (nSPS) is 25.9. The minimum atomic E-state index is -1.13. The van der Waals surface area contributed by atoms with E-state index in [9.17, 15) is 4.79 Å². The van der Waals surface area contributed by atoms with Gasteiger partial charge in [-0.15, -0.1) is 6.58 Å². The second-order valence-corrected chi connectivity index (χ2v) is 15.6. The third-order valence-electron chi connectivity index (χ3n) is 10.8. The summed E-state index contributed by atoms with van der Waals surface area (Å²) in [5, 5.41) is 0. The Hall–Kier alpha value is -5.05. The van der Waals surface area contributed by atoms with Crippen molar-refractivity contribution < 1.29 is 52.2 Å². The molecular weight excluding hydrogens is 801 g/mol. The van der Waals surface area contributed by atoms with Crippen LogP contribution in [0.5, 0.6) is 0 Å². The van der Waals surface area contributed by atoms with Gasteiger partial charge in [-0.3, -0.25) is 4.79 Å². The molecule has 7 rings (SSSR count). The molecular formula is C52H58O11. The van der Waals surface area contributed by atoms with Crippen molar-refractivity contribution in [3.8, 4) is 0 Å². The maximum atomic E-state index is 12.9. The minimum Gasteiger partial charge on any atom is -0.454 e. The molecule has 63 heavy (non-hydrogen) atoms. The van der Waals surface area contributed by atoms with Crippen LogP contribution in [0.1, 0.15) is 41.7 Å². The third kappa shape index (κ3) is 13.5. The van der Waals surface area contributed by atoms with Crippen molar-refractivity contribution in [3.05, 3.63) is 192 Å². The SMILES string of the molecule is C=CCO[C@H]1O[C@@H](C)[C@H](OCc2ccccc2)[C@@H](O[C@H]2O[C@H](COCc3ccccc3)[C@@H](OCc3ccccc3)[C@H](OCc3ccccc3)[C@H]2OCc2ccccc2)[C@H]1OC(C)=O. The highest BCUT2D eigenvalue weighted by Gasteiger charge is 2.54. The monoisotopic (exact) mass is 858 g/mol. The lowest BCUT2D eigenvalue weighted by molar-refractivity contribution is -0.371. The molecule has 0 bridgehead atoms. The molecule has 0 radical (unpaired) electrons. The zero-order valence-electron chi connectivity index (χ0n) is 35.9. The van der Waals surface area contributed by atoms with Crippen LogP contribution in [-0.2, 0) is 85.2 Å². The average Bonchev–Trinajstić information content (AvgIpc) is 3.31. The Balaban J connectivity index is 1.28. The molecule has 332 valence electrons. The zero-order chi connectivity index (χ0) is 43.6. The van der Waals surface area contributed by atoms with Crippen molar-refractivity contribution in [1.82, 2.24) is 0 Å². The molecule has 0 amide bonds. The van der Waals surface area contributed by atoms with E-state index >= 15 is 0 Å². The van der Waals surface area contributed by atoms with Gasteiger partial charge in [0.2, 0.25) is 0 Å². The van der Waals surface area contributed by atoms with Gasteiger partial charge in [-0.05, 0) is 34.7 Å². The third-order valence-corrected chi connectivity index (χ3v) is 10.8. The Morgan fingerprint density at radius 1 is 0.508 bits per heavy atom. The molecule has 2 saturated heterocycles. The highest BCUT2D eigenvalue weighted by atomic mass is 16.8. The standard InChI is InChI=1S/C52H58O11/c1-4-30-55-51-50(61-38(3)53)48(45(37(2)60-51)56-32-40-22-12-6-13-23-40)63-52-49(59-35-43-28-18-9-19-29-43)47(58-34-42-26-16-8-17-27-42)46(57-33-41-24-14-7-15-25-41)44(62-52)36-54-31-39-20-10-5-11-21-39/h4-29,37,44-52H,1,30-36H2,2-3H3/t37-,44+,45-,46+,47-,48+,49+,50+,51-,52+/m0/s1. The topological polar surface area (TPSA) is 109 Å². The number of hydrogen-bond acceptors (Lipinski definition) is 11. The molecule has 2 fully saturated rings. The molecule has 5 aromatic rings. The van der Waals surface area contributed by atoms with Gasteiger partial charge >= 0.3 is 5.97 Å². The predicted octanol–water partition coefficient (Wildman–Crippen LogP) is 8.53. The molecule has 0 spiro atoms. The van der Waals surface area contributed by atoms with Crippen molar-refractivity contribution in [1.29, 1.82) is 0 Å². The summed E-state index contributed by atoms with van der Waals surface area (Å²) in [6, 6.07) is 49.5. The summed E-state index contributed by atoms with van der Waals surface area (Å²) in [4.78, 5) is 12.9. The van der Waals surface area contributed by atoms with E-state index in [1.54, 1.807) is 6.08 Å². The van der Waals surface area contributed by atoms with Crippen LogP contribution in [-0.4, -0.2) is 80.6 Å². The van der Waals surface area contributed by atoms with Crippen molar-refractivity contribution in [3.63, 3.8) is 0 Å². The van der Waals surface area contributed by atoms with Crippen LogP contribution >= 0.6 is 0 Å². The number of carbonyl (C=O) groups is 1.